The van der Waals surface area contributed by atoms with Gasteiger partial charge in [0.15, 0.2) is 12.2 Å². The number of unbranched alkanes of at least 4 members (excludes halogenated alkanes) is 61. The van der Waals surface area contributed by atoms with Gasteiger partial charge < -0.3 is 33.8 Å². The molecule has 0 amide bonds. The van der Waals surface area contributed by atoms with E-state index in [4.69, 9.17) is 37.0 Å². The van der Waals surface area contributed by atoms with Gasteiger partial charge in [0.25, 0.3) is 0 Å². The summed E-state index contributed by atoms with van der Waals surface area (Å²) in [6.45, 7) is 9.86. The average molecular weight is 1650 g/mol. The number of hydrogen-bond donors (Lipinski definition) is 3. The van der Waals surface area contributed by atoms with Crippen molar-refractivity contribution in [2.24, 2.45) is 11.8 Å². The SMILES string of the molecule is CCCCCCCCCCCCCCCCCCC(=O)O[C@H](COC(=O)CCCCCCCCCCCCCCC)COP(=O)(O)OC[C@H](O)COP(=O)(O)OC[C@@H](COC(=O)CCCCCCCCCCCCCCCCCCCCC(C)CC)OC(=O)CCCCCCCCCCCCCCCCCCCCC(C)CC. The minimum Gasteiger partial charge on any atom is -0.462 e. The molecule has 672 valence electrons. The van der Waals surface area contributed by atoms with Crippen molar-refractivity contribution >= 4 is 39.5 Å². The number of carbonyl (C=O) groups is 4. The Bertz CT molecular complexity index is 2150. The highest BCUT2D eigenvalue weighted by atomic mass is 31.2. The second-order valence-corrected chi connectivity index (χ2v) is 37.1. The quantitative estimate of drug-likeness (QED) is 0.0222. The fourth-order valence-corrected chi connectivity index (χ4v) is 16.3. The van der Waals surface area contributed by atoms with E-state index in [0.29, 0.717) is 25.7 Å². The molecule has 7 atom stereocenters. The Labute approximate surface area is 696 Å². The van der Waals surface area contributed by atoms with Crippen molar-refractivity contribution in [3.05, 3.63) is 0 Å². The third-order valence-electron chi connectivity index (χ3n) is 22.9. The number of rotatable bonds is 93. The fraction of sp³-hybridized carbons (Fsp3) is 0.957. The maximum Gasteiger partial charge on any atom is 0.472 e. The molecule has 4 unspecified atom stereocenters. The molecular formula is C94H184O17P2. The van der Waals surface area contributed by atoms with Gasteiger partial charge in [-0.05, 0) is 37.5 Å². The van der Waals surface area contributed by atoms with E-state index in [1.807, 2.05) is 0 Å². The Kier molecular flexibility index (Phi) is 83.6. The van der Waals surface area contributed by atoms with Crippen LogP contribution in [0.2, 0.25) is 0 Å². The number of ether oxygens (including phenoxy) is 4. The molecule has 3 N–H and O–H groups in total. The van der Waals surface area contributed by atoms with Gasteiger partial charge >= 0.3 is 39.5 Å². The monoisotopic (exact) mass is 1650 g/mol. The topological polar surface area (TPSA) is 237 Å². The Morgan fingerprint density at radius 3 is 0.628 bits per heavy atom. The zero-order valence-corrected chi connectivity index (χ0v) is 76.5. The summed E-state index contributed by atoms with van der Waals surface area (Å²) >= 11 is 0. The zero-order valence-electron chi connectivity index (χ0n) is 74.7. The first-order valence-corrected chi connectivity index (χ1v) is 51.6. The molecule has 17 nitrogen and oxygen atoms in total. The highest BCUT2D eigenvalue weighted by Crippen LogP contribution is 2.45. The van der Waals surface area contributed by atoms with E-state index < -0.39 is 97.5 Å². The predicted octanol–water partition coefficient (Wildman–Crippen LogP) is 29.4. The van der Waals surface area contributed by atoms with E-state index in [2.05, 4.69) is 41.5 Å². The van der Waals surface area contributed by atoms with Crippen LogP contribution in [0.15, 0.2) is 0 Å². The highest BCUT2D eigenvalue weighted by molar-refractivity contribution is 7.47. The van der Waals surface area contributed by atoms with Crippen molar-refractivity contribution in [1.29, 1.82) is 0 Å². The van der Waals surface area contributed by atoms with Gasteiger partial charge in [-0.15, -0.1) is 0 Å². The molecule has 113 heavy (non-hydrogen) atoms. The number of hydrogen-bond acceptors (Lipinski definition) is 15. The van der Waals surface area contributed by atoms with E-state index in [1.165, 1.54) is 327 Å². The molecule has 0 spiro atoms. The molecule has 0 fully saturated rings. The Balaban J connectivity index is 5.25. The number of phosphoric ester groups is 2. The standard InChI is InChI=1S/C94H184O17P2/c1-7-11-13-15-17-19-21-23-24-35-42-48-54-60-66-72-78-93(98)110-89(82-104-91(96)76-70-64-58-52-46-38-22-20-18-16-14-12-8-2)84-108-112(100,101)106-80-88(95)81-107-113(102,103)109-85-90(111-94(99)79-73-67-61-55-49-43-37-32-28-26-30-34-40-45-51-57-63-69-75-87(6)10-4)83-105-92(97)77-71-65-59-53-47-41-36-31-27-25-29-33-39-44-50-56-62-68-74-86(5)9-3/h86-90,95H,7-85H2,1-6H3,(H,100,101)(H,102,103)/t86?,87?,88-,89+,90+/m0/s1. The van der Waals surface area contributed by atoms with Crippen LogP contribution in [-0.2, 0) is 65.4 Å². The lowest BCUT2D eigenvalue weighted by Crippen LogP contribution is -2.30. The van der Waals surface area contributed by atoms with Crippen molar-refractivity contribution < 1.29 is 80.2 Å². The fourth-order valence-electron chi connectivity index (χ4n) is 14.8. The Hall–Kier alpha value is -1.94. The van der Waals surface area contributed by atoms with Crippen LogP contribution in [0.1, 0.15) is 510 Å². The van der Waals surface area contributed by atoms with E-state index in [9.17, 15) is 43.2 Å². The van der Waals surface area contributed by atoms with Crippen LogP contribution < -0.4 is 0 Å². The van der Waals surface area contributed by atoms with Crippen molar-refractivity contribution in [3.8, 4) is 0 Å². The summed E-state index contributed by atoms with van der Waals surface area (Å²) in [4.78, 5) is 73.5. The van der Waals surface area contributed by atoms with Gasteiger partial charge in [0.2, 0.25) is 0 Å². The van der Waals surface area contributed by atoms with Crippen molar-refractivity contribution in [3.63, 3.8) is 0 Å². The number of phosphoric acid groups is 2. The molecule has 0 bridgehead atoms. The lowest BCUT2D eigenvalue weighted by atomic mass is 9.99. The van der Waals surface area contributed by atoms with Gasteiger partial charge in [0.05, 0.1) is 26.4 Å². The molecule has 0 saturated heterocycles. The lowest BCUT2D eigenvalue weighted by Gasteiger charge is -2.21. The Morgan fingerprint density at radius 1 is 0.248 bits per heavy atom. The van der Waals surface area contributed by atoms with Crippen molar-refractivity contribution in [2.75, 3.05) is 39.6 Å². The predicted molar refractivity (Wildman–Crippen MR) is 469 cm³/mol. The molecule has 0 aliphatic carbocycles. The molecule has 0 aromatic rings. The number of aliphatic hydroxyl groups is 1. The van der Waals surface area contributed by atoms with Crippen LogP contribution in [0.4, 0.5) is 0 Å². The third kappa shape index (κ3) is 84.9. The maximum atomic E-state index is 13.2. The molecule has 0 saturated carbocycles. The van der Waals surface area contributed by atoms with Gasteiger partial charge in [-0.1, -0.05) is 459 Å². The molecule has 0 heterocycles. The number of esters is 4. The normalized spacial score (nSPS) is 14.2. The smallest absolute Gasteiger partial charge is 0.462 e. The molecule has 0 radical (unpaired) electrons. The highest BCUT2D eigenvalue weighted by Gasteiger charge is 2.31. The third-order valence-corrected chi connectivity index (χ3v) is 24.8. The molecule has 0 aromatic carbocycles. The molecule has 0 rings (SSSR count). The van der Waals surface area contributed by atoms with Crippen LogP contribution in [0.5, 0.6) is 0 Å². The number of aliphatic hydroxyl groups excluding tert-OH is 1. The first-order valence-electron chi connectivity index (χ1n) is 48.6. The molecule has 0 aliphatic heterocycles. The minimum absolute atomic E-state index is 0.109. The van der Waals surface area contributed by atoms with Crippen LogP contribution in [-0.4, -0.2) is 96.7 Å². The summed E-state index contributed by atoms with van der Waals surface area (Å²) in [6, 6.07) is 0. The minimum atomic E-state index is -4.97. The maximum absolute atomic E-state index is 13.2. The van der Waals surface area contributed by atoms with Crippen LogP contribution in [0.25, 0.3) is 0 Å². The van der Waals surface area contributed by atoms with Gasteiger partial charge in [-0.2, -0.15) is 0 Å². The van der Waals surface area contributed by atoms with Gasteiger partial charge in [0, 0.05) is 25.7 Å². The summed E-state index contributed by atoms with van der Waals surface area (Å²) in [5.41, 5.74) is 0. The van der Waals surface area contributed by atoms with Crippen LogP contribution >= 0.6 is 15.6 Å². The summed E-state index contributed by atoms with van der Waals surface area (Å²) in [6.07, 6.45) is 80.5. The van der Waals surface area contributed by atoms with Crippen molar-refractivity contribution in [2.45, 2.75) is 529 Å². The van der Waals surface area contributed by atoms with E-state index in [-0.39, 0.29) is 25.7 Å². The van der Waals surface area contributed by atoms with Crippen LogP contribution in [0, 0.1) is 11.8 Å². The van der Waals surface area contributed by atoms with Crippen molar-refractivity contribution in [1.82, 2.24) is 0 Å². The van der Waals surface area contributed by atoms with E-state index in [0.717, 1.165) is 102 Å². The van der Waals surface area contributed by atoms with E-state index in [1.54, 1.807) is 0 Å². The molecule has 19 heteroatoms. The summed E-state index contributed by atoms with van der Waals surface area (Å²) in [5, 5.41) is 10.7. The molecule has 0 aromatic heterocycles. The molecule has 0 aliphatic rings. The van der Waals surface area contributed by atoms with E-state index >= 15 is 0 Å². The average Bonchev–Trinajstić information content (AvgIpc) is 0.896. The van der Waals surface area contributed by atoms with Gasteiger partial charge in [0.1, 0.15) is 19.3 Å². The molecular weight excluding hydrogens is 1460 g/mol. The van der Waals surface area contributed by atoms with Gasteiger partial charge in [-0.25, -0.2) is 9.13 Å². The van der Waals surface area contributed by atoms with Crippen LogP contribution in [0.3, 0.4) is 0 Å². The lowest BCUT2D eigenvalue weighted by molar-refractivity contribution is -0.161. The first kappa shape index (κ1) is 111. The first-order chi connectivity index (χ1) is 54.9. The Morgan fingerprint density at radius 2 is 0.425 bits per heavy atom. The number of carbonyl (C=O) groups excluding carboxylic acids is 4. The second-order valence-electron chi connectivity index (χ2n) is 34.2. The van der Waals surface area contributed by atoms with Gasteiger partial charge in [-0.3, -0.25) is 37.3 Å². The summed E-state index contributed by atoms with van der Waals surface area (Å²) in [7, 11) is -9.94. The summed E-state index contributed by atoms with van der Waals surface area (Å²) < 4.78 is 69.2. The zero-order chi connectivity index (χ0) is 82.7. The largest absolute Gasteiger partial charge is 0.472 e. The second kappa shape index (κ2) is 85.1. The summed E-state index contributed by atoms with van der Waals surface area (Å²) in [5.74, 6) is -0.345.